The first-order valence-corrected chi connectivity index (χ1v) is 7.62. The number of H-pyrrole nitrogens is 1. The standard InChI is InChI=1S/C16H21N3S/c1-16(2,3)19-14(17-18-15(19)20)13-9-8-11-6-4-5-7-12(11)10-13/h4-7,13H,8-10H2,1-3H3,(H,18,20). The summed E-state index contributed by atoms with van der Waals surface area (Å²) in [5.74, 6) is 1.56. The molecule has 0 spiro atoms. The summed E-state index contributed by atoms with van der Waals surface area (Å²) in [6.07, 6.45) is 3.34. The van der Waals surface area contributed by atoms with Crippen LogP contribution in [0.4, 0.5) is 0 Å². The van der Waals surface area contributed by atoms with Crippen LogP contribution in [0.15, 0.2) is 24.3 Å². The number of hydrogen-bond donors (Lipinski definition) is 1. The second-order valence-corrected chi connectivity index (χ2v) is 6.99. The van der Waals surface area contributed by atoms with Crippen molar-refractivity contribution in [1.29, 1.82) is 0 Å². The fourth-order valence-electron chi connectivity index (χ4n) is 3.15. The number of benzene rings is 1. The van der Waals surface area contributed by atoms with E-state index in [0.29, 0.717) is 5.92 Å². The maximum atomic E-state index is 5.41. The molecule has 0 saturated carbocycles. The molecule has 1 aromatic carbocycles. The number of aryl methyl sites for hydroxylation is 1. The molecular weight excluding hydrogens is 266 g/mol. The van der Waals surface area contributed by atoms with Gasteiger partial charge in [-0.25, -0.2) is 0 Å². The van der Waals surface area contributed by atoms with Crippen molar-refractivity contribution < 1.29 is 0 Å². The summed E-state index contributed by atoms with van der Waals surface area (Å²) in [7, 11) is 0. The Kier molecular flexibility index (Phi) is 3.28. The fraction of sp³-hybridized carbons (Fsp3) is 0.500. The van der Waals surface area contributed by atoms with E-state index in [-0.39, 0.29) is 5.54 Å². The van der Waals surface area contributed by atoms with Crippen LogP contribution < -0.4 is 0 Å². The second kappa shape index (κ2) is 4.85. The Morgan fingerprint density at radius 2 is 1.95 bits per heavy atom. The van der Waals surface area contributed by atoms with E-state index in [1.165, 1.54) is 11.1 Å². The van der Waals surface area contributed by atoms with Gasteiger partial charge in [0.2, 0.25) is 0 Å². The highest BCUT2D eigenvalue weighted by molar-refractivity contribution is 7.71. The van der Waals surface area contributed by atoms with Gasteiger partial charge in [-0.05, 0) is 63.4 Å². The molecule has 1 aliphatic carbocycles. The lowest BCUT2D eigenvalue weighted by molar-refractivity contribution is 0.361. The van der Waals surface area contributed by atoms with Gasteiger partial charge in [0.15, 0.2) is 4.77 Å². The first kappa shape index (κ1) is 13.6. The van der Waals surface area contributed by atoms with Crippen LogP contribution in [0.2, 0.25) is 0 Å². The lowest BCUT2D eigenvalue weighted by Crippen LogP contribution is -2.27. The molecule has 4 heteroatoms. The van der Waals surface area contributed by atoms with Crippen LogP contribution in [0.5, 0.6) is 0 Å². The van der Waals surface area contributed by atoms with Crippen molar-refractivity contribution in [3.05, 3.63) is 46.0 Å². The molecule has 106 valence electrons. The third-order valence-electron chi connectivity index (χ3n) is 4.08. The van der Waals surface area contributed by atoms with E-state index in [9.17, 15) is 0 Å². The van der Waals surface area contributed by atoms with Crippen LogP contribution in [-0.4, -0.2) is 14.8 Å². The quantitative estimate of drug-likeness (QED) is 0.805. The Morgan fingerprint density at radius 1 is 1.25 bits per heavy atom. The van der Waals surface area contributed by atoms with Crippen LogP contribution in [0.3, 0.4) is 0 Å². The summed E-state index contributed by atoms with van der Waals surface area (Å²) in [5, 5.41) is 7.51. The zero-order valence-electron chi connectivity index (χ0n) is 12.3. The zero-order chi connectivity index (χ0) is 14.3. The SMILES string of the molecule is CC(C)(C)n1c(C2CCc3ccccc3C2)n[nH]c1=S. The van der Waals surface area contributed by atoms with Gasteiger partial charge in [-0.15, -0.1) is 0 Å². The molecule has 0 bridgehead atoms. The highest BCUT2D eigenvalue weighted by Gasteiger charge is 2.28. The van der Waals surface area contributed by atoms with Gasteiger partial charge >= 0.3 is 0 Å². The molecule has 0 aliphatic heterocycles. The fourth-order valence-corrected chi connectivity index (χ4v) is 3.56. The number of rotatable bonds is 1. The van der Waals surface area contributed by atoms with Crippen molar-refractivity contribution >= 4 is 12.2 Å². The van der Waals surface area contributed by atoms with E-state index in [2.05, 4.69) is 59.8 Å². The highest BCUT2D eigenvalue weighted by atomic mass is 32.1. The number of nitrogens with one attached hydrogen (secondary N) is 1. The smallest absolute Gasteiger partial charge is 0.195 e. The van der Waals surface area contributed by atoms with Crippen molar-refractivity contribution in [3.63, 3.8) is 0 Å². The summed E-state index contributed by atoms with van der Waals surface area (Å²) >= 11 is 5.41. The van der Waals surface area contributed by atoms with Gasteiger partial charge < -0.3 is 0 Å². The van der Waals surface area contributed by atoms with E-state index < -0.39 is 0 Å². The van der Waals surface area contributed by atoms with E-state index in [0.717, 1.165) is 29.9 Å². The number of aromatic amines is 1. The van der Waals surface area contributed by atoms with Crippen LogP contribution in [-0.2, 0) is 18.4 Å². The molecular formula is C16H21N3S. The van der Waals surface area contributed by atoms with Crippen LogP contribution in [0.25, 0.3) is 0 Å². The van der Waals surface area contributed by atoms with Gasteiger partial charge in [-0.2, -0.15) is 5.10 Å². The maximum Gasteiger partial charge on any atom is 0.195 e. The minimum atomic E-state index is -0.0314. The first-order chi connectivity index (χ1) is 9.47. The number of fused-ring (bicyclic) bond motifs is 1. The molecule has 1 atom stereocenters. The molecule has 3 rings (SSSR count). The van der Waals surface area contributed by atoms with Crippen molar-refractivity contribution in [2.45, 2.75) is 51.5 Å². The van der Waals surface area contributed by atoms with Gasteiger partial charge in [0.05, 0.1) is 0 Å². The third-order valence-corrected chi connectivity index (χ3v) is 4.35. The summed E-state index contributed by atoms with van der Waals surface area (Å²) in [4.78, 5) is 0. The largest absolute Gasteiger partial charge is 0.299 e. The zero-order valence-corrected chi connectivity index (χ0v) is 13.1. The van der Waals surface area contributed by atoms with Gasteiger partial charge in [-0.1, -0.05) is 24.3 Å². The van der Waals surface area contributed by atoms with Gasteiger partial charge in [0.1, 0.15) is 5.82 Å². The lowest BCUT2D eigenvalue weighted by Gasteiger charge is -2.29. The third kappa shape index (κ3) is 2.33. The molecule has 0 radical (unpaired) electrons. The molecule has 3 nitrogen and oxygen atoms in total. The number of hydrogen-bond acceptors (Lipinski definition) is 2. The van der Waals surface area contributed by atoms with Gasteiger partial charge in [0, 0.05) is 11.5 Å². The molecule has 1 unspecified atom stereocenters. The van der Waals surface area contributed by atoms with E-state index >= 15 is 0 Å². The summed E-state index contributed by atoms with van der Waals surface area (Å²) in [6, 6.07) is 8.74. The van der Waals surface area contributed by atoms with Crippen LogP contribution >= 0.6 is 12.2 Å². The van der Waals surface area contributed by atoms with Gasteiger partial charge in [0.25, 0.3) is 0 Å². The molecule has 20 heavy (non-hydrogen) atoms. The maximum absolute atomic E-state index is 5.41. The Balaban J connectivity index is 1.99. The van der Waals surface area contributed by atoms with Crippen molar-refractivity contribution in [3.8, 4) is 0 Å². The molecule has 2 aromatic rings. The molecule has 0 amide bonds. The van der Waals surface area contributed by atoms with Crippen molar-refractivity contribution in [2.75, 3.05) is 0 Å². The average molecular weight is 287 g/mol. The Morgan fingerprint density at radius 3 is 2.65 bits per heavy atom. The van der Waals surface area contributed by atoms with Crippen molar-refractivity contribution in [1.82, 2.24) is 14.8 Å². The highest BCUT2D eigenvalue weighted by Crippen LogP contribution is 2.33. The monoisotopic (exact) mass is 287 g/mol. The second-order valence-electron chi connectivity index (χ2n) is 6.60. The normalized spacial score (nSPS) is 18.9. The minimum Gasteiger partial charge on any atom is -0.299 e. The molecule has 1 N–H and O–H groups in total. The Hall–Kier alpha value is -1.42. The first-order valence-electron chi connectivity index (χ1n) is 7.21. The molecule has 1 heterocycles. The summed E-state index contributed by atoms with van der Waals surface area (Å²) in [5.41, 5.74) is 2.91. The number of nitrogens with zero attached hydrogens (tertiary/aromatic N) is 2. The average Bonchev–Trinajstić information content (AvgIpc) is 2.80. The molecule has 1 aromatic heterocycles. The molecule has 1 aliphatic rings. The van der Waals surface area contributed by atoms with E-state index in [4.69, 9.17) is 12.2 Å². The van der Waals surface area contributed by atoms with Crippen LogP contribution in [0, 0.1) is 4.77 Å². The summed E-state index contributed by atoms with van der Waals surface area (Å²) in [6.45, 7) is 6.54. The van der Waals surface area contributed by atoms with E-state index in [1.807, 2.05) is 0 Å². The molecule has 0 fully saturated rings. The number of aromatic nitrogens is 3. The Labute approximate surface area is 125 Å². The van der Waals surface area contributed by atoms with E-state index in [1.54, 1.807) is 0 Å². The lowest BCUT2D eigenvalue weighted by atomic mass is 9.83. The van der Waals surface area contributed by atoms with Crippen molar-refractivity contribution in [2.24, 2.45) is 0 Å². The topological polar surface area (TPSA) is 33.6 Å². The minimum absolute atomic E-state index is 0.0314. The predicted octanol–water partition coefficient (Wildman–Crippen LogP) is 3.97. The predicted molar refractivity (Wildman–Crippen MR) is 83.6 cm³/mol. The summed E-state index contributed by atoms with van der Waals surface area (Å²) < 4.78 is 2.91. The molecule has 0 saturated heterocycles. The van der Waals surface area contributed by atoms with Crippen LogP contribution in [0.1, 0.15) is 50.1 Å². The Bertz CT molecular complexity index is 676. The van der Waals surface area contributed by atoms with Gasteiger partial charge in [-0.3, -0.25) is 9.67 Å².